The number of furan rings is 1. The summed E-state index contributed by atoms with van der Waals surface area (Å²) in [5.41, 5.74) is 2.09. The van der Waals surface area contributed by atoms with Gasteiger partial charge in [-0.05, 0) is 51.8 Å². The number of fused-ring (bicyclic) bond motifs is 1. The summed E-state index contributed by atoms with van der Waals surface area (Å²) in [6, 6.07) is 8.31. The van der Waals surface area contributed by atoms with Gasteiger partial charge in [0.1, 0.15) is 5.58 Å². The van der Waals surface area contributed by atoms with E-state index in [1.165, 1.54) is 5.56 Å². The van der Waals surface area contributed by atoms with Crippen LogP contribution >= 0.6 is 0 Å². The Morgan fingerprint density at radius 3 is 2.74 bits per heavy atom. The molecule has 0 aliphatic heterocycles. The highest BCUT2D eigenvalue weighted by molar-refractivity contribution is 7.84. The molecule has 2 atom stereocenters. The van der Waals surface area contributed by atoms with E-state index in [0.29, 0.717) is 0 Å². The minimum absolute atomic E-state index is 0.160. The lowest BCUT2D eigenvalue weighted by Gasteiger charge is -2.22. The SMILES string of the molecule is C[C@H](Cc1ccc2ccoc2c1)NS(=O)C(C)(C)C. The fraction of sp³-hybridized carbons (Fsp3) is 0.467. The standard InChI is InChI=1S/C15H21NO2S/c1-11(16-19(17)15(2,3)4)9-12-5-6-13-7-8-18-14(13)10-12/h5-8,10-11,16H,9H2,1-4H3/t11-,19?/m1/s1. The van der Waals surface area contributed by atoms with Crippen LogP contribution in [0.4, 0.5) is 0 Å². The van der Waals surface area contributed by atoms with E-state index in [0.717, 1.165) is 17.4 Å². The fourth-order valence-electron chi connectivity index (χ4n) is 1.88. The average Bonchev–Trinajstić information content (AvgIpc) is 2.74. The smallest absolute Gasteiger partial charge is 0.134 e. The quantitative estimate of drug-likeness (QED) is 0.932. The molecule has 0 aliphatic rings. The zero-order valence-electron chi connectivity index (χ0n) is 11.9. The van der Waals surface area contributed by atoms with Crippen LogP contribution in [-0.2, 0) is 17.4 Å². The first-order valence-electron chi connectivity index (χ1n) is 6.50. The molecule has 2 aromatic rings. The Morgan fingerprint density at radius 1 is 1.32 bits per heavy atom. The lowest BCUT2D eigenvalue weighted by Crippen LogP contribution is -2.39. The molecule has 0 radical (unpaired) electrons. The summed E-state index contributed by atoms with van der Waals surface area (Å²) in [4.78, 5) is 0. The maximum absolute atomic E-state index is 12.0. The minimum Gasteiger partial charge on any atom is -0.464 e. The Hall–Kier alpha value is -1.13. The van der Waals surface area contributed by atoms with Gasteiger partial charge < -0.3 is 4.42 Å². The van der Waals surface area contributed by atoms with Gasteiger partial charge in [0.05, 0.1) is 22.0 Å². The van der Waals surface area contributed by atoms with Crippen molar-refractivity contribution < 1.29 is 8.63 Å². The van der Waals surface area contributed by atoms with Crippen LogP contribution in [-0.4, -0.2) is 15.0 Å². The summed E-state index contributed by atoms with van der Waals surface area (Å²) < 4.78 is 20.3. The Balaban J connectivity index is 2.02. The third-order valence-corrected chi connectivity index (χ3v) is 4.66. The van der Waals surface area contributed by atoms with Gasteiger partial charge in [0.15, 0.2) is 0 Å². The highest BCUT2D eigenvalue weighted by Crippen LogP contribution is 2.18. The van der Waals surface area contributed by atoms with Gasteiger partial charge in [0.25, 0.3) is 0 Å². The van der Waals surface area contributed by atoms with Crippen LogP contribution in [0.15, 0.2) is 34.9 Å². The van der Waals surface area contributed by atoms with Crippen molar-refractivity contribution in [3.8, 4) is 0 Å². The molecule has 3 nitrogen and oxygen atoms in total. The summed E-state index contributed by atoms with van der Waals surface area (Å²) in [7, 11) is -1.03. The van der Waals surface area contributed by atoms with Crippen molar-refractivity contribution >= 4 is 22.0 Å². The lowest BCUT2D eigenvalue weighted by atomic mass is 10.1. The monoisotopic (exact) mass is 279 g/mol. The Kier molecular flexibility index (Phi) is 4.11. The van der Waals surface area contributed by atoms with Gasteiger partial charge in [-0.15, -0.1) is 0 Å². The largest absolute Gasteiger partial charge is 0.464 e. The Labute approximate surface area is 117 Å². The van der Waals surface area contributed by atoms with Crippen LogP contribution in [0, 0.1) is 0 Å². The summed E-state index contributed by atoms with van der Waals surface area (Å²) >= 11 is 0. The third-order valence-electron chi connectivity index (χ3n) is 2.93. The van der Waals surface area contributed by atoms with Gasteiger partial charge in [-0.1, -0.05) is 12.1 Å². The first kappa shape index (κ1) is 14.3. The maximum atomic E-state index is 12.0. The summed E-state index contributed by atoms with van der Waals surface area (Å²) in [5, 5.41) is 1.11. The number of hydrogen-bond acceptors (Lipinski definition) is 2. The predicted molar refractivity (Wildman–Crippen MR) is 80.4 cm³/mol. The molecular weight excluding hydrogens is 258 g/mol. The molecule has 0 spiro atoms. The zero-order valence-corrected chi connectivity index (χ0v) is 12.7. The molecule has 0 saturated carbocycles. The number of hydrogen-bond donors (Lipinski definition) is 1. The average molecular weight is 279 g/mol. The summed E-state index contributed by atoms with van der Waals surface area (Å²) in [6.07, 6.45) is 2.53. The molecule has 0 aliphatic carbocycles. The van der Waals surface area contributed by atoms with Crippen molar-refractivity contribution in [1.29, 1.82) is 0 Å². The normalized spacial score (nSPS) is 15.6. The third kappa shape index (κ3) is 3.67. The molecule has 104 valence electrons. The Morgan fingerprint density at radius 2 is 2.05 bits per heavy atom. The van der Waals surface area contributed by atoms with E-state index in [-0.39, 0.29) is 10.8 Å². The second kappa shape index (κ2) is 5.47. The van der Waals surface area contributed by atoms with Crippen molar-refractivity contribution in [3.63, 3.8) is 0 Å². The molecule has 1 heterocycles. The zero-order chi connectivity index (χ0) is 14.0. The van der Waals surface area contributed by atoms with Crippen molar-refractivity contribution in [3.05, 3.63) is 36.1 Å². The van der Waals surface area contributed by atoms with Crippen LogP contribution in [0.25, 0.3) is 11.0 Å². The molecule has 4 heteroatoms. The molecular formula is C15H21NO2S. The summed E-state index contributed by atoms with van der Waals surface area (Å²) in [5.74, 6) is 0. The molecule has 0 fully saturated rings. The van der Waals surface area contributed by atoms with E-state index >= 15 is 0 Å². The van der Waals surface area contributed by atoms with Gasteiger partial charge in [-0.25, -0.2) is 8.93 Å². The van der Waals surface area contributed by atoms with E-state index < -0.39 is 11.0 Å². The number of nitrogens with one attached hydrogen (secondary N) is 1. The molecule has 0 bridgehead atoms. The van der Waals surface area contributed by atoms with Gasteiger partial charge in [0, 0.05) is 11.4 Å². The van der Waals surface area contributed by atoms with Crippen molar-refractivity contribution in [1.82, 2.24) is 4.72 Å². The van der Waals surface area contributed by atoms with Gasteiger partial charge >= 0.3 is 0 Å². The van der Waals surface area contributed by atoms with Gasteiger partial charge in [-0.3, -0.25) is 0 Å². The second-order valence-electron chi connectivity index (χ2n) is 5.90. The fourth-order valence-corrected chi connectivity index (χ4v) is 2.68. The first-order chi connectivity index (χ1) is 8.86. The molecule has 0 saturated heterocycles. The molecule has 19 heavy (non-hydrogen) atoms. The molecule has 1 aromatic carbocycles. The van der Waals surface area contributed by atoms with Crippen LogP contribution in [0.1, 0.15) is 33.3 Å². The van der Waals surface area contributed by atoms with Crippen molar-refractivity contribution in [2.45, 2.75) is 44.9 Å². The first-order valence-corrected chi connectivity index (χ1v) is 7.65. The van der Waals surface area contributed by atoms with E-state index in [4.69, 9.17) is 4.42 Å². The van der Waals surface area contributed by atoms with Crippen LogP contribution in [0.5, 0.6) is 0 Å². The van der Waals surface area contributed by atoms with E-state index in [2.05, 4.69) is 23.8 Å². The maximum Gasteiger partial charge on any atom is 0.134 e. The van der Waals surface area contributed by atoms with Gasteiger partial charge in [-0.2, -0.15) is 0 Å². The topological polar surface area (TPSA) is 42.2 Å². The lowest BCUT2D eigenvalue weighted by molar-refractivity contribution is 0.601. The second-order valence-corrected chi connectivity index (χ2v) is 7.89. The van der Waals surface area contributed by atoms with E-state index in [1.807, 2.05) is 32.9 Å². The number of rotatable bonds is 4. The summed E-state index contributed by atoms with van der Waals surface area (Å²) in [6.45, 7) is 7.96. The highest BCUT2D eigenvalue weighted by Gasteiger charge is 2.21. The van der Waals surface area contributed by atoms with Gasteiger partial charge in [0.2, 0.25) is 0 Å². The molecule has 1 aromatic heterocycles. The molecule has 1 unspecified atom stereocenters. The van der Waals surface area contributed by atoms with Crippen molar-refractivity contribution in [2.24, 2.45) is 0 Å². The number of benzene rings is 1. The van der Waals surface area contributed by atoms with Crippen LogP contribution in [0.2, 0.25) is 0 Å². The minimum atomic E-state index is -1.03. The van der Waals surface area contributed by atoms with Crippen molar-refractivity contribution in [2.75, 3.05) is 0 Å². The van der Waals surface area contributed by atoms with E-state index in [9.17, 15) is 4.21 Å². The van der Waals surface area contributed by atoms with Crippen LogP contribution < -0.4 is 4.72 Å². The van der Waals surface area contributed by atoms with E-state index in [1.54, 1.807) is 6.26 Å². The molecule has 1 N–H and O–H groups in total. The predicted octanol–water partition coefficient (Wildman–Crippen LogP) is 3.42. The van der Waals surface area contributed by atoms with Crippen LogP contribution in [0.3, 0.4) is 0 Å². The molecule has 2 rings (SSSR count). The molecule has 0 amide bonds. The highest BCUT2D eigenvalue weighted by atomic mass is 32.2. The Bertz CT molecular complexity index is 583.